The molecule has 0 aromatic heterocycles. The highest BCUT2D eigenvalue weighted by Gasteiger charge is 2.25. The Hall–Kier alpha value is -1.11. The van der Waals surface area contributed by atoms with Gasteiger partial charge in [-0.15, -0.1) is 24.0 Å². The van der Waals surface area contributed by atoms with Crippen molar-refractivity contribution in [2.24, 2.45) is 4.99 Å². The predicted molar refractivity (Wildman–Crippen MR) is 129 cm³/mol. The molecule has 3 N–H and O–H groups in total. The zero-order valence-electron chi connectivity index (χ0n) is 17.5. The van der Waals surface area contributed by atoms with Crippen molar-refractivity contribution in [2.75, 3.05) is 53.1 Å². The smallest absolute Gasteiger partial charge is 0.208 e. The van der Waals surface area contributed by atoms with Crippen LogP contribution in [-0.4, -0.2) is 72.4 Å². The lowest BCUT2D eigenvalue weighted by Gasteiger charge is -2.30. The van der Waals surface area contributed by atoms with Gasteiger partial charge in [-0.1, -0.05) is 18.2 Å². The van der Waals surface area contributed by atoms with Gasteiger partial charge in [0.2, 0.25) is 10.0 Å². The molecule has 10 heteroatoms. The summed E-state index contributed by atoms with van der Waals surface area (Å²) in [5.41, 5.74) is 1.17. The average Bonchev–Trinajstić information content (AvgIpc) is 3.20. The lowest BCUT2D eigenvalue weighted by molar-refractivity contribution is 0.239. The minimum absolute atomic E-state index is 0. The van der Waals surface area contributed by atoms with Gasteiger partial charge >= 0.3 is 0 Å². The van der Waals surface area contributed by atoms with Crippen molar-refractivity contribution in [1.82, 2.24) is 20.3 Å². The molecular formula is C19H34IN5O3S. The molecule has 1 aliphatic rings. The lowest BCUT2D eigenvalue weighted by Crippen LogP contribution is -2.43. The maximum atomic E-state index is 11.1. The van der Waals surface area contributed by atoms with E-state index >= 15 is 0 Å². The van der Waals surface area contributed by atoms with Crippen LogP contribution in [0.15, 0.2) is 29.3 Å². The van der Waals surface area contributed by atoms with Crippen LogP contribution in [0.1, 0.15) is 30.9 Å². The number of nitrogens with one attached hydrogen (secondary N) is 3. The van der Waals surface area contributed by atoms with Gasteiger partial charge in [0.15, 0.2) is 5.96 Å². The van der Waals surface area contributed by atoms with Crippen LogP contribution >= 0.6 is 24.0 Å². The van der Waals surface area contributed by atoms with Crippen LogP contribution in [0.2, 0.25) is 0 Å². The van der Waals surface area contributed by atoms with Crippen LogP contribution in [0, 0.1) is 0 Å². The maximum absolute atomic E-state index is 11.1. The van der Waals surface area contributed by atoms with E-state index in [1.807, 2.05) is 18.2 Å². The van der Waals surface area contributed by atoms with Crippen molar-refractivity contribution in [2.45, 2.75) is 25.3 Å². The molecule has 1 unspecified atom stereocenters. The molecule has 0 saturated carbocycles. The Balaban J connectivity index is 0.00000420. The van der Waals surface area contributed by atoms with Gasteiger partial charge in [-0.25, -0.2) is 13.1 Å². The van der Waals surface area contributed by atoms with Gasteiger partial charge in [-0.2, -0.15) is 0 Å². The first-order chi connectivity index (χ1) is 13.4. The molecule has 1 saturated heterocycles. The summed E-state index contributed by atoms with van der Waals surface area (Å²) in [7, 11) is 0.301. The number of aliphatic imine (C=N–C) groups is 1. The zero-order chi connectivity index (χ0) is 20.4. The van der Waals surface area contributed by atoms with Crippen molar-refractivity contribution >= 4 is 40.0 Å². The van der Waals surface area contributed by atoms with Crippen LogP contribution < -0.4 is 20.1 Å². The number of guanidine groups is 1. The molecule has 2 rings (SSSR count). The third kappa shape index (κ3) is 9.06. The topological polar surface area (TPSA) is 95.1 Å². The van der Waals surface area contributed by atoms with E-state index in [1.54, 1.807) is 14.2 Å². The summed E-state index contributed by atoms with van der Waals surface area (Å²) in [5, 5.41) is 6.64. The largest absolute Gasteiger partial charge is 0.496 e. The SMILES string of the molecule is CN=C(NCCCNS(C)(=O)=O)NCC(c1ccccc1OC)N1CCCC1.I. The Morgan fingerprint density at radius 3 is 2.52 bits per heavy atom. The summed E-state index contributed by atoms with van der Waals surface area (Å²) in [6, 6.07) is 8.35. The summed E-state index contributed by atoms with van der Waals surface area (Å²) < 4.78 is 30.3. The van der Waals surface area contributed by atoms with Crippen LogP contribution in [0.3, 0.4) is 0 Å². The third-order valence-electron chi connectivity index (χ3n) is 4.78. The van der Waals surface area contributed by atoms with Gasteiger partial charge in [0.25, 0.3) is 0 Å². The number of benzene rings is 1. The van der Waals surface area contributed by atoms with Gasteiger partial charge in [0, 0.05) is 32.2 Å². The monoisotopic (exact) mass is 539 g/mol. The number of sulfonamides is 1. The fraction of sp³-hybridized carbons (Fsp3) is 0.632. The Bertz CT molecular complexity index is 739. The minimum Gasteiger partial charge on any atom is -0.496 e. The number of hydrogen-bond acceptors (Lipinski definition) is 5. The molecule has 1 fully saturated rings. The number of nitrogens with zero attached hydrogens (tertiary/aromatic N) is 2. The number of para-hydroxylation sites is 1. The van der Waals surface area contributed by atoms with Crippen LogP contribution in [0.25, 0.3) is 0 Å². The van der Waals surface area contributed by atoms with Crippen molar-refractivity contribution in [3.05, 3.63) is 29.8 Å². The second kappa shape index (κ2) is 13.2. The van der Waals surface area contributed by atoms with Crippen LogP contribution in [0.5, 0.6) is 5.75 Å². The summed E-state index contributed by atoms with van der Waals surface area (Å²) in [6.45, 7) is 3.90. The molecule has 0 amide bonds. The highest BCUT2D eigenvalue weighted by Crippen LogP contribution is 2.31. The first-order valence-corrected chi connectivity index (χ1v) is 11.6. The number of ether oxygens (including phenoxy) is 1. The molecule has 1 atom stereocenters. The highest BCUT2D eigenvalue weighted by atomic mass is 127. The van der Waals surface area contributed by atoms with Gasteiger partial charge in [-0.3, -0.25) is 9.89 Å². The van der Waals surface area contributed by atoms with Gasteiger partial charge in [0.1, 0.15) is 5.75 Å². The Labute approximate surface area is 191 Å². The average molecular weight is 539 g/mol. The molecule has 8 nitrogen and oxygen atoms in total. The maximum Gasteiger partial charge on any atom is 0.208 e. The fourth-order valence-corrected chi connectivity index (χ4v) is 3.91. The third-order valence-corrected chi connectivity index (χ3v) is 5.50. The van der Waals surface area contributed by atoms with Crippen molar-refractivity contribution < 1.29 is 13.2 Å². The predicted octanol–water partition coefficient (Wildman–Crippen LogP) is 1.55. The highest BCUT2D eigenvalue weighted by molar-refractivity contribution is 14.0. The first-order valence-electron chi connectivity index (χ1n) is 9.70. The first kappa shape index (κ1) is 25.9. The quantitative estimate of drug-likeness (QED) is 0.181. The summed E-state index contributed by atoms with van der Waals surface area (Å²) in [6.07, 6.45) is 4.27. The van der Waals surface area contributed by atoms with Crippen LogP contribution in [-0.2, 0) is 10.0 Å². The minimum atomic E-state index is -3.14. The number of likely N-dealkylation sites (tertiary alicyclic amines) is 1. The lowest BCUT2D eigenvalue weighted by atomic mass is 10.0. The van der Waals surface area contributed by atoms with E-state index in [0.717, 1.165) is 25.1 Å². The van der Waals surface area contributed by atoms with E-state index in [0.29, 0.717) is 32.0 Å². The van der Waals surface area contributed by atoms with Gasteiger partial charge in [0.05, 0.1) is 19.4 Å². The number of halogens is 1. The molecule has 0 aliphatic carbocycles. The molecule has 1 heterocycles. The van der Waals surface area contributed by atoms with E-state index in [2.05, 4.69) is 31.3 Å². The van der Waals surface area contributed by atoms with Gasteiger partial charge in [-0.05, 0) is 38.4 Å². The molecular weight excluding hydrogens is 505 g/mol. The second-order valence-electron chi connectivity index (χ2n) is 6.90. The molecule has 166 valence electrons. The number of hydrogen-bond donors (Lipinski definition) is 3. The molecule has 29 heavy (non-hydrogen) atoms. The van der Waals surface area contributed by atoms with E-state index in [1.165, 1.54) is 18.4 Å². The van der Waals surface area contributed by atoms with E-state index < -0.39 is 10.0 Å². The molecule has 0 bridgehead atoms. The van der Waals surface area contributed by atoms with E-state index in [9.17, 15) is 8.42 Å². The fourth-order valence-electron chi connectivity index (χ4n) is 3.40. The van der Waals surface area contributed by atoms with Gasteiger partial charge < -0.3 is 15.4 Å². The molecule has 1 aromatic carbocycles. The zero-order valence-corrected chi connectivity index (χ0v) is 20.6. The Morgan fingerprint density at radius 1 is 1.21 bits per heavy atom. The standard InChI is InChI=1S/C19H33N5O3S.HI/c1-20-19(21-11-8-12-23-28(3,25)26)22-15-17(24-13-6-7-14-24)16-9-4-5-10-18(16)27-2;/h4-5,9-10,17,23H,6-8,11-15H2,1-3H3,(H2,20,21,22);1H. The van der Waals surface area contributed by atoms with Crippen molar-refractivity contribution in [1.29, 1.82) is 0 Å². The normalized spacial score (nSPS) is 16.2. The number of rotatable bonds is 10. The summed E-state index contributed by atoms with van der Waals surface area (Å²) >= 11 is 0. The Morgan fingerprint density at radius 2 is 1.90 bits per heavy atom. The molecule has 0 spiro atoms. The van der Waals surface area contributed by atoms with E-state index in [4.69, 9.17) is 4.74 Å². The summed E-state index contributed by atoms with van der Waals surface area (Å²) in [5.74, 6) is 1.61. The van der Waals surface area contributed by atoms with Crippen LogP contribution in [0.4, 0.5) is 0 Å². The molecule has 0 radical (unpaired) electrons. The molecule has 1 aromatic rings. The van der Waals surface area contributed by atoms with Crippen molar-refractivity contribution in [3.8, 4) is 5.75 Å². The van der Waals surface area contributed by atoms with Crippen molar-refractivity contribution in [3.63, 3.8) is 0 Å². The summed E-state index contributed by atoms with van der Waals surface area (Å²) in [4.78, 5) is 6.76. The number of methoxy groups -OCH3 is 1. The second-order valence-corrected chi connectivity index (χ2v) is 8.73. The molecule has 1 aliphatic heterocycles. The van der Waals surface area contributed by atoms with E-state index in [-0.39, 0.29) is 30.0 Å². The Kier molecular flexibility index (Phi) is 11.8.